The maximum atomic E-state index is 12.4. The normalized spacial score (nSPS) is 11.1. The van der Waals surface area contributed by atoms with Crippen LogP contribution in [0, 0.1) is 10.1 Å². The van der Waals surface area contributed by atoms with E-state index in [4.69, 9.17) is 0 Å². The van der Waals surface area contributed by atoms with Crippen molar-refractivity contribution in [2.75, 3.05) is 24.2 Å². The summed E-state index contributed by atoms with van der Waals surface area (Å²) in [5, 5.41) is 16.5. The van der Waals surface area contributed by atoms with Crippen molar-refractivity contribution >= 4 is 29.0 Å². The first-order valence-corrected chi connectivity index (χ1v) is 8.65. The first-order chi connectivity index (χ1) is 12.8. The molecule has 0 spiro atoms. The van der Waals surface area contributed by atoms with Crippen LogP contribution in [-0.2, 0) is 11.0 Å². The van der Waals surface area contributed by atoms with E-state index in [2.05, 4.69) is 15.6 Å². The molecular formula is C16H15F3N4O3S. The van der Waals surface area contributed by atoms with Gasteiger partial charge in [-0.2, -0.15) is 13.2 Å². The molecule has 2 rings (SSSR count). The summed E-state index contributed by atoms with van der Waals surface area (Å²) in [5.74, 6) is -0.261. The Morgan fingerprint density at radius 3 is 2.41 bits per heavy atom. The van der Waals surface area contributed by atoms with E-state index in [1.54, 1.807) is 12.1 Å². The Bertz CT molecular complexity index is 783. The number of benzene rings is 1. The summed E-state index contributed by atoms with van der Waals surface area (Å²) in [5.41, 5.74) is -0.172. The van der Waals surface area contributed by atoms with Crippen LogP contribution in [0.1, 0.15) is 5.56 Å². The van der Waals surface area contributed by atoms with Crippen molar-refractivity contribution in [3.8, 4) is 0 Å². The largest absolute Gasteiger partial charge is 0.417 e. The highest BCUT2D eigenvalue weighted by Crippen LogP contribution is 2.29. The van der Waals surface area contributed by atoms with Gasteiger partial charge in [-0.15, -0.1) is 0 Å². The van der Waals surface area contributed by atoms with Crippen LogP contribution in [0.5, 0.6) is 0 Å². The molecule has 0 saturated carbocycles. The van der Waals surface area contributed by atoms with E-state index in [0.29, 0.717) is 23.8 Å². The van der Waals surface area contributed by atoms with Crippen molar-refractivity contribution in [2.45, 2.75) is 11.2 Å². The molecule has 0 atom stereocenters. The Kier molecular flexibility index (Phi) is 6.99. The van der Waals surface area contributed by atoms with E-state index in [1.165, 1.54) is 18.2 Å². The summed E-state index contributed by atoms with van der Waals surface area (Å²) in [6, 6.07) is 8.00. The van der Waals surface area contributed by atoms with Crippen LogP contribution in [0.2, 0.25) is 0 Å². The number of non-ortho nitro benzene ring substituents is 1. The predicted octanol–water partition coefficient (Wildman–Crippen LogP) is 3.33. The molecule has 1 heterocycles. The summed E-state index contributed by atoms with van der Waals surface area (Å²) < 4.78 is 37.3. The van der Waals surface area contributed by atoms with Gasteiger partial charge in [0.1, 0.15) is 0 Å². The summed E-state index contributed by atoms with van der Waals surface area (Å²) >= 11 is 1.03. The van der Waals surface area contributed by atoms with Gasteiger partial charge in [-0.05, 0) is 24.3 Å². The van der Waals surface area contributed by atoms with Crippen LogP contribution in [0.15, 0.2) is 47.6 Å². The number of hydrogen-bond acceptors (Lipinski definition) is 6. The highest BCUT2D eigenvalue weighted by Gasteiger charge is 2.30. The van der Waals surface area contributed by atoms with Gasteiger partial charge in [0.25, 0.3) is 5.69 Å². The number of amides is 1. The molecule has 0 unspecified atom stereocenters. The first-order valence-electron chi connectivity index (χ1n) is 7.67. The minimum atomic E-state index is -4.44. The van der Waals surface area contributed by atoms with Gasteiger partial charge in [-0.25, -0.2) is 4.98 Å². The van der Waals surface area contributed by atoms with Gasteiger partial charge in [0.2, 0.25) is 5.91 Å². The zero-order chi connectivity index (χ0) is 19.9. The fourth-order valence-electron chi connectivity index (χ4n) is 1.93. The lowest BCUT2D eigenvalue weighted by Crippen LogP contribution is -2.30. The minimum absolute atomic E-state index is 0.0113. The lowest BCUT2D eigenvalue weighted by atomic mass is 10.3. The maximum absolute atomic E-state index is 12.4. The molecule has 0 radical (unpaired) electrons. The SMILES string of the molecule is O=C(CSc1ccc(C(F)(F)F)cn1)NCCNc1ccc([N+](=O)[O-])cc1. The van der Waals surface area contributed by atoms with Crippen LogP contribution in [0.25, 0.3) is 0 Å². The second kappa shape index (κ2) is 9.21. The lowest BCUT2D eigenvalue weighted by molar-refractivity contribution is -0.384. The molecule has 0 bridgehead atoms. The van der Waals surface area contributed by atoms with E-state index in [1.807, 2.05) is 0 Å². The maximum Gasteiger partial charge on any atom is 0.417 e. The van der Waals surface area contributed by atoms with Crippen LogP contribution in [0.4, 0.5) is 24.5 Å². The van der Waals surface area contributed by atoms with Crippen molar-refractivity contribution in [3.05, 3.63) is 58.3 Å². The van der Waals surface area contributed by atoms with E-state index in [0.717, 1.165) is 24.0 Å². The first kappa shape index (κ1) is 20.5. The van der Waals surface area contributed by atoms with Crippen LogP contribution < -0.4 is 10.6 Å². The number of nitro benzene ring substituents is 1. The number of nitrogens with one attached hydrogen (secondary N) is 2. The highest BCUT2D eigenvalue weighted by atomic mass is 32.2. The summed E-state index contributed by atoms with van der Waals surface area (Å²) in [6.45, 7) is 0.726. The predicted molar refractivity (Wildman–Crippen MR) is 94.6 cm³/mol. The third-order valence-electron chi connectivity index (χ3n) is 3.27. The number of hydrogen-bond donors (Lipinski definition) is 2. The number of carbonyl (C=O) groups is 1. The molecular weight excluding hydrogens is 385 g/mol. The Balaban J connectivity index is 1.67. The summed E-state index contributed by atoms with van der Waals surface area (Å²) in [6.07, 6.45) is -3.71. The number of thioether (sulfide) groups is 1. The summed E-state index contributed by atoms with van der Waals surface area (Å²) in [7, 11) is 0. The molecule has 0 aliphatic rings. The summed E-state index contributed by atoms with van der Waals surface area (Å²) in [4.78, 5) is 25.5. The van der Waals surface area contributed by atoms with Crippen LogP contribution in [-0.4, -0.2) is 34.7 Å². The zero-order valence-corrected chi connectivity index (χ0v) is 14.6. The molecule has 1 aromatic heterocycles. The molecule has 144 valence electrons. The second-order valence-electron chi connectivity index (χ2n) is 5.25. The number of aromatic nitrogens is 1. The molecule has 1 amide bonds. The van der Waals surface area contributed by atoms with E-state index in [-0.39, 0.29) is 17.3 Å². The molecule has 2 aromatic rings. The van der Waals surface area contributed by atoms with Gasteiger partial charge in [0.05, 0.1) is 21.3 Å². The Morgan fingerprint density at radius 2 is 1.85 bits per heavy atom. The highest BCUT2D eigenvalue weighted by molar-refractivity contribution is 7.99. The van der Waals surface area contributed by atoms with Gasteiger partial charge in [-0.3, -0.25) is 14.9 Å². The van der Waals surface area contributed by atoms with E-state index >= 15 is 0 Å². The smallest absolute Gasteiger partial charge is 0.383 e. The number of nitro groups is 1. The van der Waals surface area contributed by atoms with E-state index < -0.39 is 16.7 Å². The number of carbonyl (C=O) groups excluding carboxylic acids is 1. The fourth-order valence-corrected chi connectivity index (χ4v) is 2.61. The van der Waals surface area contributed by atoms with Crippen molar-refractivity contribution in [2.24, 2.45) is 0 Å². The average molecular weight is 400 g/mol. The van der Waals surface area contributed by atoms with Gasteiger partial charge < -0.3 is 10.6 Å². The molecule has 0 aliphatic heterocycles. The average Bonchev–Trinajstić information content (AvgIpc) is 2.63. The lowest BCUT2D eigenvalue weighted by Gasteiger charge is -2.08. The van der Waals surface area contributed by atoms with Crippen LogP contribution in [0.3, 0.4) is 0 Å². The van der Waals surface area contributed by atoms with E-state index in [9.17, 15) is 28.1 Å². The van der Waals surface area contributed by atoms with Crippen molar-refractivity contribution in [3.63, 3.8) is 0 Å². The van der Waals surface area contributed by atoms with Gasteiger partial charge in [0.15, 0.2) is 0 Å². The number of anilines is 1. The molecule has 1 aromatic carbocycles. The molecule has 2 N–H and O–H groups in total. The number of rotatable bonds is 8. The minimum Gasteiger partial charge on any atom is -0.383 e. The van der Waals surface area contributed by atoms with Crippen molar-refractivity contribution < 1.29 is 22.9 Å². The van der Waals surface area contributed by atoms with Crippen LogP contribution >= 0.6 is 11.8 Å². The van der Waals surface area contributed by atoms with Gasteiger partial charge in [-0.1, -0.05) is 11.8 Å². The number of nitrogens with zero attached hydrogens (tertiary/aromatic N) is 2. The Labute approximate surface area is 156 Å². The standard InChI is InChI=1S/C16H15F3N4O3S/c17-16(18,19)11-1-6-15(22-9-11)27-10-14(24)21-8-7-20-12-2-4-13(5-3-12)23(25)26/h1-6,9,20H,7-8,10H2,(H,21,24). The molecule has 0 fully saturated rings. The topological polar surface area (TPSA) is 97.2 Å². The van der Waals surface area contributed by atoms with Gasteiger partial charge >= 0.3 is 6.18 Å². The molecule has 27 heavy (non-hydrogen) atoms. The Morgan fingerprint density at radius 1 is 1.15 bits per heavy atom. The molecule has 7 nitrogen and oxygen atoms in total. The van der Waals surface area contributed by atoms with Gasteiger partial charge in [0, 0.05) is 37.1 Å². The number of pyridine rings is 1. The number of halogens is 3. The monoisotopic (exact) mass is 400 g/mol. The third-order valence-corrected chi connectivity index (χ3v) is 4.21. The van der Waals surface area contributed by atoms with Crippen molar-refractivity contribution in [1.82, 2.24) is 10.3 Å². The quantitative estimate of drug-likeness (QED) is 0.305. The number of alkyl halides is 3. The second-order valence-corrected chi connectivity index (χ2v) is 6.25. The molecule has 0 aliphatic carbocycles. The fraction of sp³-hybridized carbons (Fsp3) is 0.250. The molecule has 11 heteroatoms. The zero-order valence-electron chi connectivity index (χ0n) is 13.8. The third kappa shape index (κ3) is 6.77. The Hall–Kier alpha value is -2.82. The molecule has 0 saturated heterocycles. The van der Waals surface area contributed by atoms with Crippen molar-refractivity contribution in [1.29, 1.82) is 0 Å².